The number of rotatable bonds is 22. The van der Waals surface area contributed by atoms with Crippen molar-refractivity contribution in [3.8, 4) is 5.75 Å². The van der Waals surface area contributed by atoms with Gasteiger partial charge in [0.25, 0.3) is 0 Å². The van der Waals surface area contributed by atoms with E-state index in [1.807, 2.05) is 29.2 Å². The molecule has 6 rings (SSSR count). The van der Waals surface area contributed by atoms with Crippen molar-refractivity contribution >= 4 is 85.7 Å². The van der Waals surface area contributed by atoms with E-state index in [2.05, 4.69) is 52.4 Å². The van der Waals surface area contributed by atoms with Gasteiger partial charge in [0, 0.05) is 80.6 Å². The highest BCUT2D eigenvalue weighted by Crippen LogP contribution is 2.25. The predicted molar refractivity (Wildman–Crippen MR) is 318 cm³/mol. The van der Waals surface area contributed by atoms with Crippen molar-refractivity contribution in [3.05, 3.63) is 102 Å². The number of phenols is 1. The summed E-state index contributed by atoms with van der Waals surface area (Å²) in [6.07, 6.45) is 0.824. The first-order valence-electron chi connectivity index (χ1n) is 28.1. The van der Waals surface area contributed by atoms with Gasteiger partial charge in [0.05, 0.1) is 19.3 Å². The summed E-state index contributed by atoms with van der Waals surface area (Å²) in [5, 5.41) is 52.6. The van der Waals surface area contributed by atoms with Gasteiger partial charge >= 0.3 is 0 Å². The molecular weight excluding hydrogens is 1120 g/mol. The number of aromatic amines is 1. The van der Waals surface area contributed by atoms with E-state index in [4.69, 9.17) is 11.5 Å². The van der Waals surface area contributed by atoms with Crippen LogP contribution in [-0.2, 0) is 62.4 Å². The van der Waals surface area contributed by atoms with Gasteiger partial charge < -0.3 is 74.3 Å². The largest absolute Gasteiger partial charge is 0.508 e. The minimum Gasteiger partial charge on any atom is -0.508 e. The molecule has 0 bridgehead atoms. The number of carbonyl (C=O) groups excluding carboxylic acids is 9. The highest BCUT2D eigenvalue weighted by Gasteiger charge is 2.36. The standard InChI is InChI=1S/C57H79N13O12S2/c1-3-40-51(76)66-47(57(82)68-49(34(2)72)50(59)75)33-84-83-32-46(67-53(78)43(27-35-11-5-4-6-12-35)61-48(74)31-70-23-21-69(22-24-70)25-26-71)56(81)64-44(28-36-16-18-38(73)19-17-36)54(79)65-45(29-37-30-60-41-14-8-7-13-39(37)41)55(80)63-42(52(77)62-40)15-9-10-20-58/h4-8,11-14,16-19,30,34,40,42-47,49,60,71-73H,3,9-10,15,20-29,31-33,58H2,1-2H3,(H2,59,75)(H,61,74)(H,62,77)(H,63,80)(H,64,81)(H,65,79)(H,66,76)(H,67,78)(H,68,82)/t34-,40?,42+,43-,44+,45?,46?,47?,49+/m1/s1. The number of primary amides is 1. The molecule has 25 nitrogen and oxygen atoms in total. The number of para-hydroxylation sites is 1. The fraction of sp³-hybridized carbons (Fsp3) is 0.491. The van der Waals surface area contributed by atoms with Gasteiger partial charge in [0.15, 0.2) is 0 Å². The van der Waals surface area contributed by atoms with E-state index in [1.165, 1.54) is 19.1 Å². The predicted octanol–water partition coefficient (Wildman–Crippen LogP) is -1.81. The minimum atomic E-state index is -1.58. The van der Waals surface area contributed by atoms with Crippen LogP contribution in [0.3, 0.4) is 0 Å². The Morgan fingerprint density at radius 1 is 0.714 bits per heavy atom. The molecule has 9 atom stereocenters. The number of nitrogens with zero attached hydrogens (tertiary/aromatic N) is 2. The van der Waals surface area contributed by atoms with Crippen molar-refractivity contribution in [3.63, 3.8) is 0 Å². The molecule has 9 amide bonds. The normalized spacial score (nSPS) is 22.2. The van der Waals surface area contributed by atoms with E-state index >= 15 is 9.59 Å². The van der Waals surface area contributed by atoms with Gasteiger partial charge in [-0.25, -0.2) is 0 Å². The van der Waals surface area contributed by atoms with Gasteiger partial charge in [-0.1, -0.05) is 89.2 Å². The molecule has 27 heteroatoms. The SMILES string of the molecule is CCC1NC(=O)[C@H](CCCCN)NC(=O)C(Cc2c[nH]c3ccccc23)NC(=O)[C@H](Cc2ccc(O)cc2)NC(=O)C(NC(=O)[C@@H](Cc2ccccc2)NC(=O)CN2CCN(CCO)CC2)CSSCC(C(=O)N[C@H](C(N)=O)[C@@H](C)O)NC1=O. The number of aliphatic hydroxyl groups excluding tert-OH is 2. The summed E-state index contributed by atoms with van der Waals surface area (Å²) in [7, 11) is 1.97. The summed E-state index contributed by atoms with van der Waals surface area (Å²) in [6.45, 7) is 5.90. The number of aromatic hydroxyl groups is 1. The Labute approximate surface area is 495 Å². The lowest BCUT2D eigenvalue weighted by molar-refractivity contribution is -0.136. The maximum Gasteiger partial charge on any atom is 0.244 e. The third-order valence-electron chi connectivity index (χ3n) is 14.5. The zero-order valence-corrected chi connectivity index (χ0v) is 48.8. The molecule has 4 aromatic rings. The van der Waals surface area contributed by atoms with Crippen LogP contribution in [0.5, 0.6) is 5.75 Å². The Hall–Kier alpha value is -7.27. The van der Waals surface area contributed by atoms with Crippen LogP contribution in [0.1, 0.15) is 56.2 Å². The lowest BCUT2D eigenvalue weighted by Gasteiger charge is -2.34. The van der Waals surface area contributed by atoms with Crippen molar-refractivity contribution in [2.45, 2.75) is 113 Å². The number of piperazine rings is 1. The highest BCUT2D eigenvalue weighted by molar-refractivity contribution is 8.76. The number of aliphatic hydroxyl groups is 2. The van der Waals surface area contributed by atoms with Gasteiger partial charge in [0.2, 0.25) is 53.2 Å². The summed E-state index contributed by atoms with van der Waals surface area (Å²) in [4.78, 5) is 136. The van der Waals surface area contributed by atoms with E-state index in [9.17, 15) is 48.9 Å². The Kier molecular flexibility index (Phi) is 26.1. The maximum absolute atomic E-state index is 15.0. The van der Waals surface area contributed by atoms with Crippen LogP contribution >= 0.6 is 21.6 Å². The number of phenolic OH excluding ortho intramolecular Hbond substituents is 1. The fourth-order valence-electron chi connectivity index (χ4n) is 9.65. The third kappa shape index (κ3) is 20.2. The van der Waals surface area contributed by atoms with Crippen molar-refractivity contribution < 1.29 is 58.5 Å². The minimum absolute atomic E-state index is 0.00114. The van der Waals surface area contributed by atoms with Crippen LogP contribution in [-0.4, -0.2) is 202 Å². The fourth-order valence-corrected chi connectivity index (χ4v) is 12.0. The Bertz CT molecular complexity index is 2860. The average molecular weight is 1200 g/mol. The van der Waals surface area contributed by atoms with Gasteiger partial charge in [-0.3, -0.25) is 53.0 Å². The van der Waals surface area contributed by atoms with Crippen molar-refractivity contribution in [1.82, 2.24) is 57.3 Å². The number of unbranched alkanes of at least 4 members (excludes halogenated alkanes) is 1. The van der Waals surface area contributed by atoms with Crippen molar-refractivity contribution in [2.24, 2.45) is 11.5 Å². The second-order valence-electron chi connectivity index (χ2n) is 20.8. The molecule has 16 N–H and O–H groups in total. The first-order chi connectivity index (χ1) is 40.3. The molecule has 2 fully saturated rings. The van der Waals surface area contributed by atoms with Gasteiger partial charge in [-0.2, -0.15) is 0 Å². The van der Waals surface area contributed by atoms with Gasteiger partial charge in [-0.15, -0.1) is 0 Å². The zero-order valence-electron chi connectivity index (χ0n) is 47.2. The van der Waals surface area contributed by atoms with Crippen LogP contribution in [0.15, 0.2) is 85.1 Å². The van der Waals surface area contributed by atoms with E-state index in [-0.39, 0.29) is 69.1 Å². The molecule has 3 heterocycles. The lowest BCUT2D eigenvalue weighted by atomic mass is 10.0. The van der Waals surface area contributed by atoms with E-state index in [0.29, 0.717) is 62.3 Å². The molecule has 0 radical (unpaired) electrons. The monoisotopic (exact) mass is 1200 g/mol. The molecular formula is C57H79N13O12S2. The van der Waals surface area contributed by atoms with Crippen molar-refractivity contribution in [2.75, 3.05) is 63.9 Å². The summed E-state index contributed by atoms with van der Waals surface area (Å²) in [6, 6.07) is 10.9. The van der Waals surface area contributed by atoms with E-state index < -0.39 is 108 Å². The number of hydrogen-bond donors (Lipinski definition) is 14. The number of fused-ring (bicyclic) bond motifs is 1. The maximum atomic E-state index is 15.0. The van der Waals surface area contributed by atoms with Gasteiger partial charge in [0.1, 0.15) is 54.1 Å². The summed E-state index contributed by atoms with van der Waals surface area (Å²) >= 11 is 0. The smallest absolute Gasteiger partial charge is 0.244 e. The molecule has 84 heavy (non-hydrogen) atoms. The number of β-amino-alcohol motifs (C(OH)–C–C–N with tert-alkyl or cyclic N) is 1. The average Bonchev–Trinajstić information content (AvgIpc) is 4.06. The third-order valence-corrected chi connectivity index (χ3v) is 16.9. The van der Waals surface area contributed by atoms with Crippen LogP contribution in [0.4, 0.5) is 0 Å². The number of benzene rings is 3. The number of nitrogens with one attached hydrogen (secondary N) is 9. The second-order valence-corrected chi connectivity index (χ2v) is 23.4. The molecule has 4 unspecified atom stereocenters. The number of aromatic nitrogens is 1. The number of H-pyrrole nitrogens is 1. The van der Waals surface area contributed by atoms with Crippen LogP contribution < -0.4 is 54.0 Å². The highest BCUT2D eigenvalue weighted by atomic mass is 33.1. The molecule has 0 saturated carbocycles. The molecule has 1 aromatic heterocycles. The molecule has 0 spiro atoms. The van der Waals surface area contributed by atoms with Crippen LogP contribution in [0, 0.1) is 0 Å². The first-order valence-corrected chi connectivity index (χ1v) is 30.6. The van der Waals surface area contributed by atoms with Crippen molar-refractivity contribution in [1.29, 1.82) is 0 Å². The van der Waals surface area contributed by atoms with Crippen LogP contribution in [0.25, 0.3) is 10.9 Å². The zero-order chi connectivity index (χ0) is 60.7. The molecule has 2 saturated heterocycles. The summed E-state index contributed by atoms with van der Waals surface area (Å²) in [5.74, 6) is -7.90. The lowest BCUT2D eigenvalue weighted by Crippen LogP contribution is -2.61. The Morgan fingerprint density at radius 2 is 1.32 bits per heavy atom. The molecule has 2 aliphatic heterocycles. The van der Waals surface area contributed by atoms with E-state index in [1.54, 1.807) is 55.6 Å². The summed E-state index contributed by atoms with van der Waals surface area (Å²) in [5.41, 5.74) is 13.9. The number of amides is 9. The Morgan fingerprint density at radius 3 is 1.99 bits per heavy atom. The molecule has 0 aliphatic carbocycles. The quantitative estimate of drug-likeness (QED) is 0.0305. The molecule has 3 aromatic carbocycles. The van der Waals surface area contributed by atoms with Crippen LogP contribution in [0.2, 0.25) is 0 Å². The summed E-state index contributed by atoms with van der Waals surface area (Å²) < 4.78 is 0. The first kappa shape index (κ1) is 65.9. The molecule has 2 aliphatic rings. The number of carbonyl (C=O) groups is 9. The topological polar surface area (TPSA) is 385 Å². The number of hydrogen-bond acceptors (Lipinski definition) is 17. The molecule has 456 valence electrons. The second kappa shape index (κ2) is 33.3. The van der Waals surface area contributed by atoms with Gasteiger partial charge in [-0.05, 0) is 74.0 Å². The van der Waals surface area contributed by atoms with E-state index in [0.717, 1.165) is 32.5 Å². The Balaban J connectivity index is 1.39. The number of nitrogens with two attached hydrogens (primary N) is 2.